The van der Waals surface area contributed by atoms with Crippen LogP contribution in [-0.4, -0.2) is 117 Å². The van der Waals surface area contributed by atoms with Gasteiger partial charge in [-0.3, -0.25) is 4.79 Å². The van der Waals surface area contributed by atoms with E-state index in [2.05, 4.69) is 48.5 Å². The van der Waals surface area contributed by atoms with E-state index in [-0.39, 0.29) is 51.4 Å². The lowest BCUT2D eigenvalue weighted by Crippen LogP contribution is -2.72. The molecule has 5 aliphatic carbocycles. The molecule has 5 saturated carbocycles. The van der Waals surface area contributed by atoms with Gasteiger partial charge in [0.15, 0.2) is 12.6 Å². The van der Waals surface area contributed by atoms with Crippen LogP contribution in [0.5, 0.6) is 0 Å². The highest BCUT2D eigenvalue weighted by atomic mass is 16.8. The highest BCUT2D eigenvalue weighted by Gasteiger charge is 2.74. The molecule has 53 heavy (non-hydrogen) atoms. The molecule has 302 valence electrons. The summed E-state index contributed by atoms with van der Waals surface area (Å²) in [5.74, 6) is 2.17. The van der Waals surface area contributed by atoms with Gasteiger partial charge in [0.25, 0.3) is 0 Å². The van der Waals surface area contributed by atoms with Crippen LogP contribution < -0.4 is 0 Å². The smallest absolute Gasteiger partial charge is 0.312 e. The molecular formula is C41H66O12. The van der Waals surface area contributed by atoms with Crippen molar-refractivity contribution in [1.29, 1.82) is 0 Å². The van der Waals surface area contributed by atoms with Gasteiger partial charge in [0.1, 0.15) is 48.3 Å². The van der Waals surface area contributed by atoms with Crippen LogP contribution in [0.1, 0.15) is 113 Å². The zero-order valence-corrected chi connectivity index (χ0v) is 32.8. The van der Waals surface area contributed by atoms with Crippen molar-refractivity contribution in [1.82, 2.24) is 0 Å². The second-order valence-corrected chi connectivity index (χ2v) is 20.4. The van der Waals surface area contributed by atoms with Gasteiger partial charge in [0.2, 0.25) is 0 Å². The maximum absolute atomic E-state index is 13.7. The van der Waals surface area contributed by atoms with E-state index in [0.29, 0.717) is 29.6 Å². The lowest BCUT2D eigenvalue weighted by Gasteiger charge is -2.75. The molecule has 4 saturated heterocycles. The van der Waals surface area contributed by atoms with Gasteiger partial charge in [-0.15, -0.1) is 0 Å². The molecule has 2 bridgehead atoms. The number of carbonyl (C=O) groups is 1. The van der Waals surface area contributed by atoms with E-state index in [1.54, 1.807) is 0 Å². The maximum Gasteiger partial charge on any atom is 0.312 e. The van der Waals surface area contributed by atoms with E-state index in [1.165, 1.54) is 0 Å². The van der Waals surface area contributed by atoms with Crippen molar-refractivity contribution >= 4 is 5.97 Å². The Bertz CT molecular complexity index is 1420. The molecule has 9 fully saturated rings. The average Bonchev–Trinajstić information content (AvgIpc) is 3.10. The molecule has 9 rings (SSSR count). The number of esters is 1. The second kappa shape index (κ2) is 12.8. The number of hydrogen-bond donors (Lipinski definition) is 6. The summed E-state index contributed by atoms with van der Waals surface area (Å²) in [6.07, 6.45) is -2.81. The van der Waals surface area contributed by atoms with Crippen molar-refractivity contribution in [2.75, 3.05) is 13.2 Å². The molecule has 4 heterocycles. The summed E-state index contributed by atoms with van der Waals surface area (Å²) in [6, 6.07) is 0. The van der Waals surface area contributed by atoms with Gasteiger partial charge in [-0.05, 0) is 122 Å². The van der Waals surface area contributed by atoms with Crippen LogP contribution >= 0.6 is 0 Å². The van der Waals surface area contributed by atoms with Crippen LogP contribution in [0.15, 0.2) is 0 Å². The van der Waals surface area contributed by atoms with Crippen molar-refractivity contribution in [3.63, 3.8) is 0 Å². The fourth-order valence-electron chi connectivity index (χ4n) is 14.8. The number of hydrogen-bond acceptors (Lipinski definition) is 12. The normalized spacial score (nSPS) is 58.8. The molecule has 12 nitrogen and oxygen atoms in total. The minimum atomic E-state index is -1.68. The average molecular weight is 751 g/mol. The standard InChI is InChI=1S/C41H66O12/c1-20-27-21-8-9-25-37(4)12-11-26(51-34-32(28(44)22(43)19-49-34)52-33-31(47)30(46)29(45)23(18-42)50-33)36(2,3)24(37)10-13-39(25,6)38(21,5)14-16-41(27)17-15-40(20,7)53-35(41)48/h20-34,42-47H,8-19H2,1-7H3/t20-,21+,22-,23+,24-,25+,26-,27+,28-,29+,30-,31+,32+,33-,34-,37-,38+,39+,40-,41+/m0/s1. The highest BCUT2D eigenvalue weighted by molar-refractivity contribution is 5.80. The zero-order chi connectivity index (χ0) is 38.3. The van der Waals surface area contributed by atoms with Gasteiger partial charge in [-0.1, -0.05) is 41.5 Å². The number of fused-ring (bicyclic) bond motifs is 7. The van der Waals surface area contributed by atoms with Gasteiger partial charge in [0, 0.05) is 0 Å². The van der Waals surface area contributed by atoms with Crippen LogP contribution in [0.3, 0.4) is 0 Å². The second-order valence-electron chi connectivity index (χ2n) is 20.4. The van der Waals surface area contributed by atoms with Crippen LogP contribution in [0.2, 0.25) is 0 Å². The molecule has 20 atom stereocenters. The lowest BCUT2D eigenvalue weighted by molar-refractivity contribution is -0.367. The monoisotopic (exact) mass is 750 g/mol. The van der Waals surface area contributed by atoms with E-state index in [0.717, 1.165) is 64.2 Å². The third kappa shape index (κ3) is 5.25. The molecule has 1 spiro atoms. The van der Waals surface area contributed by atoms with Crippen LogP contribution in [-0.2, 0) is 28.5 Å². The van der Waals surface area contributed by atoms with Crippen LogP contribution in [0, 0.1) is 56.7 Å². The Balaban J connectivity index is 1.02. The van der Waals surface area contributed by atoms with Gasteiger partial charge in [0.05, 0.1) is 24.7 Å². The lowest BCUT2D eigenvalue weighted by atomic mass is 9.30. The van der Waals surface area contributed by atoms with Crippen molar-refractivity contribution < 1.29 is 59.1 Å². The molecule has 0 radical (unpaired) electrons. The predicted molar refractivity (Wildman–Crippen MR) is 190 cm³/mol. The van der Waals surface area contributed by atoms with E-state index in [1.807, 2.05) is 0 Å². The quantitative estimate of drug-likeness (QED) is 0.179. The number of ether oxygens (including phenoxy) is 5. The van der Waals surface area contributed by atoms with E-state index < -0.39 is 61.9 Å². The summed E-state index contributed by atoms with van der Waals surface area (Å²) < 4.78 is 30.5. The van der Waals surface area contributed by atoms with Crippen molar-refractivity contribution in [3.05, 3.63) is 0 Å². The predicted octanol–water partition coefficient (Wildman–Crippen LogP) is 3.05. The highest BCUT2D eigenvalue weighted by Crippen LogP contribution is 2.78. The first-order chi connectivity index (χ1) is 24.8. The Labute approximate surface area is 314 Å². The number of rotatable bonds is 5. The minimum absolute atomic E-state index is 0.0664. The molecular weight excluding hydrogens is 684 g/mol. The van der Waals surface area contributed by atoms with Gasteiger partial charge in [-0.25, -0.2) is 0 Å². The van der Waals surface area contributed by atoms with Crippen molar-refractivity contribution in [2.24, 2.45) is 56.7 Å². The van der Waals surface area contributed by atoms with E-state index in [4.69, 9.17) is 23.7 Å². The van der Waals surface area contributed by atoms with Crippen LogP contribution in [0.4, 0.5) is 0 Å². The first-order valence-corrected chi connectivity index (χ1v) is 20.6. The molecule has 12 heteroatoms. The van der Waals surface area contributed by atoms with Gasteiger partial charge < -0.3 is 54.3 Å². The molecule has 0 aromatic heterocycles. The Kier molecular flexibility index (Phi) is 9.39. The summed E-state index contributed by atoms with van der Waals surface area (Å²) >= 11 is 0. The Morgan fingerprint density at radius 1 is 0.736 bits per heavy atom. The molecule has 0 aromatic carbocycles. The molecule has 4 aliphatic heterocycles. The third-order valence-electron chi connectivity index (χ3n) is 18.2. The van der Waals surface area contributed by atoms with Gasteiger partial charge >= 0.3 is 5.97 Å². The summed E-state index contributed by atoms with van der Waals surface area (Å²) in [7, 11) is 0. The first-order valence-electron chi connectivity index (χ1n) is 20.6. The SMILES string of the molecule is C[C@H]1[C@@H]2[C@H]3CC[C@@H]4[C@@]5(C)CC[C@H](O[C@@H]6OC[C@H](O)[C@H](O)[C@H]6O[C@@H]6O[C@H](CO)[C@@H](O)[C@H](O)[C@H]6O)C(C)(C)[C@@H]5CC[C@@]4(C)[C@]3(C)CC[C@@]23CC[C@]1(C)OC3=O. The van der Waals surface area contributed by atoms with E-state index in [9.17, 15) is 35.4 Å². The maximum atomic E-state index is 13.7. The Hall–Kier alpha value is -0.930. The summed E-state index contributed by atoms with van der Waals surface area (Å²) in [5.41, 5.74) is -0.641. The number of carbonyl (C=O) groups excluding carboxylic acids is 1. The number of aliphatic hydroxyl groups is 6. The minimum Gasteiger partial charge on any atom is -0.459 e. The summed E-state index contributed by atoms with van der Waals surface area (Å²) in [6.45, 7) is 16.0. The molecule has 6 N–H and O–H groups in total. The third-order valence-corrected chi connectivity index (χ3v) is 18.2. The largest absolute Gasteiger partial charge is 0.459 e. The molecule has 9 aliphatic rings. The molecule has 0 aromatic rings. The van der Waals surface area contributed by atoms with E-state index >= 15 is 0 Å². The number of aliphatic hydroxyl groups excluding tert-OH is 6. The Morgan fingerprint density at radius 3 is 2.15 bits per heavy atom. The zero-order valence-electron chi connectivity index (χ0n) is 32.8. The van der Waals surface area contributed by atoms with Gasteiger partial charge in [-0.2, -0.15) is 0 Å². The molecule has 0 unspecified atom stereocenters. The fourth-order valence-corrected chi connectivity index (χ4v) is 14.8. The van der Waals surface area contributed by atoms with Crippen LogP contribution in [0.25, 0.3) is 0 Å². The van der Waals surface area contributed by atoms with Crippen molar-refractivity contribution in [2.45, 2.75) is 180 Å². The topological polar surface area (TPSA) is 185 Å². The fraction of sp³-hybridized carbons (Fsp3) is 0.976. The summed E-state index contributed by atoms with van der Waals surface area (Å²) in [5, 5.41) is 62.7. The summed E-state index contributed by atoms with van der Waals surface area (Å²) in [4.78, 5) is 13.7. The van der Waals surface area contributed by atoms with Crippen molar-refractivity contribution in [3.8, 4) is 0 Å². The first kappa shape index (κ1) is 38.9. The Morgan fingerprint density at radius 2 is 1.45 bits per heavy atom. The molecule has 0 amide bonds.